The Hall–Kier alpha value is -0.0800. The molecule has 1 unspecified atom stereocenters. The van der Waals surface area contributed by atoms with Crippen molar-refractivity contribution in [2.45, 2.75) is 246 Å². The van der Waals surface area contributed by atoms with Crippen LogP contribution in [0.4, 0.5) is 0 Å². The van der Waals surface area contributed by atoms with Crippen molar-refractivity contribution in [1.82, 2.24) is 0 Å². The van der Waals surface area contributed by atoms with Gasteiger partial charge >= 0.3 is 0 Å². The van der Waals surface area contributed by atoms with Crippen LogP contribution in [-0.4, -0.2) is 37.0 Å². The summed E-state index contributed by atoms with van der Waals surface area (Å²) in [5.41, 5.74) is 0. The summed E-state index contributed by atoms with van der Waals surface area (Å²) < 4.78 is 7.89. The van der Waals surface area contributed by atoms with Gasteiger partial charge in [0.05, 0.1) is 26.2 Å². The molecule has 0 aromatic rings. The Morgan fingerprint density at radius 1 is 0.318 bits per heavy atom. The van der Waals surface area contributed by atoms with Gasteiger partial charge < -0.3 is 4.74 Å². The molecule has 0 amide bonds. The van der Waals surface area contributed by atoms with E-state index >= 15 is 0 Å². The van der Waals surface area contributed by atoms with E-state index in [0.717, 1.165) is 6.61 Å². The molecular formula is C42H88NO+. The second-order valence-corrected chi connectivity index (χ2v) is 14.8. The molecule has 2 nitrogen and oxygen atoms in total. The average molecular weight is 623 g/mol. The number of nitrogens with zero attached hydrogens (tertiary/aromatic N) is 1. The predicted octanol–water partition coefficient (Wildman–Crippen LogP) is 14.7. The van der Waals surface area contributed by atoms with Crippen LogP contribution in [0, 0.1) is 0 Å². The highest BCUT2D eigenvalue weighted by molar-refractivity contribution is 4.56. The molecule has 0 aromatic carbocycles. The molecule has 0 spiro atoms. The Bertz CT molecular complexity index is 460. The number of hydrogen-bond donors (Lipinski definition) is 0. The zero-order chi connectivity index (χ0) is 32.2. The molecule has 0 aliphatic heterocycles. The molecule has 0 rings (SSSR count). The summed E-state index contributed by atoms with van der Waals surface area (Å²) in [5, 5.41) is 0. The molecule has 0 N–H and O–H groups in total. The minimum absolute atomic E-state index is 0.359. The maximum Gasteiger partial charge on any atom is 0.190 e. The van der Waals surface area contributed by atoms with Crippen molar-refractivity contribution in [3.05, 3.63) is 0 Å². The largest absolute Gasteiger partial charge is 0.329 e. The highest BCUT2D eigenvalue weighted by atomic mass is 16.5. The van der Waals surface area contributed by atoms with Gasteiger partial charge in [-0.3, -0.25) is 4.48 Å². The minimum atomic E-state index is 0.359. The third kappa shape index (κ3) is 28.2. The number of ether oxygens (including phenoxy) is 1. The Labute approximate surface area is 281 Å². The maximum absolute atomic E-state index is 6.65. The first-order valence-electron chi connectivity index (χ1n) is 21.1. The van der Waals surface area contributed by atoms with Crippen molar-refractivity contribution in [3.8, 4) is 0 Å². The van der Waals surface area contributed by atoms with E-state index in [1.807, 2.05) is 0 Å². The van der Waals surface area contributed by atoms with Gasteiger partial charge in [0, 0.05) is 6.92 Å². The van der Waals surface area contributed by atoms with E-state index in [1.54, 1.807) is 0 Å². The van der Waals surface area contributed by atoms with E-state index in [0.29, 0.717) is 6.23 Å². The molecule has 0 radical (unpaired) electrons. The standard InChI is InChI=1S/C42H88NO/c1-6-10-14-17-20-23-26-29-32-35-38-43(42(5)44-41-13-9-4,39-36-33-30-27-24-21-18-15-11-7-2)40-37-34-31-28-25-22-19-16-12-8-3/h42H,6-41H2,1-5H3/q+1. The van der Waals surface area contributed by atoms with Gasteiger partial charge in [-0.2, -0.15) is 0 Å². The van der Waals surface area contributed by atoms with Crippen LogP contribution in [0.5, 0.6) is 0 Å². The highest BCUT2D eigenvalue weighted by Crippen LogP contribution is 2.24. The van der Waals surface area contributed by atoms with E-state index < -0.39 is 0 Å². The smallest absolute Gasteiger partial charge is 0.190 e. The van der Waals surface area contributed by atoms with Gasteiger partial charge in [0.25, 0.3) is 0 Å². The van der Waals surface area contributed by atoms with Crippen molar-refractivity contribution >= 4 is 0 Å². The lowest BCUT2D eigenvalue weighted by Gasteiger charge is -2.43. The summed E-state index contributed by atoms with van der Waals surface area (Å²) in [6, 6.07) is 0. The fourth-order valence-corrected chi connectivity index (χ4v) is 7.18. The van der Waals surface area contributed by atoms with Crippen LogP contribution < -0.4 is 0 Å². The predicted molar refractivity (Wildman–Crippen MR) is 201 cm³/mol. The number of quaternary nitrogens is 1. The van der Waals surface area contributed by atoms with Gasteiger partial charge in [0.2, 0.25) is 0 Å². The third-order valence-corrected chi connectivity index (χ3v) is 10.5. The van der Waals surface area contributed by atoms with Crippen LogP contribution in [0.2, 0.25) is 0 Å². The average Bonchev–Trinajstić information content (AvgIpc) is 3.03. The summed E-state index contributed by atoms with van der Waals surface area (Å²) >= 11 is 0. The lowest BCUT2D eigenvalue weighted by molar-refractivity contribution is -0.970. The summed E-state index contributed by atoms with van der Waals surface area (Å²) in [5.74, 6) is 0. The van der Waals surface area contributed by atoms with Crippen LogP contribution in [0.1, 0.15) is 240 Å². The molecule has 266 valence electrons. The zero-order valence-corrected chi connectivity index (χ0v) is 31.9. The number of unbranched alkanes of at least 4 members (excludes halogenated alkanes) is 28. The maximum atomic E-state index is 6.65. The summed E-state index contributed by atoms with van der Waals surface area (Å²) in [4.78, 5) is 0. The monoisotopic (exact) mass is 623 g/mol. The third-order valence-electron chi connectivity index (χ3n) is 10.5. The highest BCUT2D eigenvalue weighted by Gasteiger charge is 2.33. The molecule has 0 aliphatic carbocycles. The van der Waals surface area contributed by atoms with Gasteiger partial charge in [-0.15, -0.1) is 0 Å². The molecule has 1 atom stereocenters. The van der Waals surface area contributed by atoms with Crippen LogP contribution in [0.25, 0.3) is 0 Å². The SMILES string of the molecule is CCCCCCCCCCCC[N+](CCCCCCCCCCCC)(CCCCCCCCCCCC)C(C)OCCCC. The molecule has 0 bridgehead atoms. The van der Waals surface area contributed by atoms with E-state index in [-0.39, 0.29) is 0 Å². The lowest BCUT2D eigenvalue weighted by Crippen LogP contribution is -2.57. The molecule has 0 fully saturated rings. The van der Waals surface area contributed by atoms with Crippen molar-refractivity contribution < 1.29 is 9.22 Å². The molecule has 44 heavy (non-hydrogen) atoms. The lowest BCUT2D eigenvalue weighted by atomic mass is 10.0. The first-order valence-corrected chi connectivity index (χ1v) is 21.1. The Balaban J connectivity index is 4.83. The molecule has 0 heterocycles. The van der Waals surface area contributed by atoms with Gasteiger partial charge in [-0.1, -0.05) is 188 Å². The molecule has 0 aromatic heterocycles. The van der Waals surface area contributed by atoms with Gasteiger partial charge in [0.15, 0.2) is 6.23 Å². The van der Waals surface area contributed by atoms with Crippen molar-refractivity contribution in [2.24, 2.45) is 0 Å². The van der Waals surface area contributed by atoms with Crippen molar-refractivity contribution in [2.75, 3.05) is 26.2 Å². The minimum Gasteiger partial charge on any atom is -0.329 e. The van der Waals surface area contributed by atoms with Crippen molar-refractivity contribution in [3.63, 3.8) is 0 Å². The first kappa shape index (κ1) is 43.9. The fourth-order valence-electron chi connectivity index (χ4n) is 7.18. The van der Waals surface area contributed by atoms with Gasteiger partial charge in [-0.05, 0) is 44.9 Å². The van der Waals surface area contributed by atoms with Gasteiger partial charge in [0.1, 0.15) is 0 Å². The Morgan fingerprint density at radius 3 is 0.795 bits per heavy atom. The summed E-state index contributed by atoms with van der Waals surface area (Å²) in [6.45, 7) is 16.7. The Morgan fingerprint density at radius 2 is 0.545 bits per heavy atom. The van der Waals surface area contributed by atoms with Crippen LogP contribution >= 0.6 is 0 Å². The summed E-state index contributed by atoms with van der Waals surface area (Å²) in [7, 11) is 0. The van der Waals surface area contributed by atoms with Crippen LogP contribution in [0.15, 0.2) is 0 Å². The molecule has 0 aliphatic rings. The molecule has 0 saturated carbocycles. The topological polar surface area (TPSA) is 9.23 Å². The Kier molecular flexibility index (Phi) is 35.7. The molecule has 0 saturated heterocycles. The molecule has 2 heteroatoms. The van der Waals surface area contributed by atoms with Crippen LogP contribution in [0.3, 0.4) is 0 Å². The number of rotatable bonds is 38. The summed E-state index contributed by atoms with van der Waals surface area (Å²) in [6.07, 6.45) is 45.7. The first-order chi connectivity index (χ1) is 21.7. The fraction of sp³-hybridized carbons (Fsp3) is 1.00. The zero-order valence-electron chi connectivity index (χ0n) is 31.9. The second kappa shape index (κ2) is 35.8. The van der Waals surface area contributed by atoms with Crippen LogP contribution in [-0.2, 0) is 4.74 Å². The molecular weight excluding hydrogens is 534 g/mol. The normalized spacial score (nSPS) is 12.8. The van der Waals surface area contributed by atoms with E-state index in [9.17, 15) is 0 Å². The van der Waals surface area contributed by atoms with E-state index in [4.69, 9.17) is 4.74 Å². The van der Waals surface area contributed by atoms with E-state index in [1.165, 1.54) is 230 Å². The van der Waals surface area contributed by atoms with Crippen molar-refractivity contribution in [1.29, 1.82) is 0 Å². The van der Waals surface area contributed by atoms with Gasteiger partial charge in [-0.25, -0.2) is 0 Å². The second-order valence-electron chi connectivity index (χ2n) is 14.8. The number of hydrogen-bond acceptors (Lipinski definition) is 1. The van der Waals surface area contributed by atoms with E-state index in [2.05, 4.69) is 34.6 Å². The quantitative estimate of drug-likeness (QED) is 0.0378.